The molecule has 0 saturated carbocycles. The smallest absolute Gasteiger partial charge is 0.257 e. The molecule has 1 fully saturated rings. The number of nitrogens with one attached hydrogen (secondary N) is 1. The molecule has 1 aromatic carbocycles. The third-order valence-corrected chi connectivity index (χ3v) is 5.90. The van der Waals surface area contributed by atoms with E-state index in [-0.39, 0.29) is 11.9 Å². The minimum Gasteiger partial charge on any atom is -0.336 e. The molecule has 7 heteroatoms. The number of carbonyl (C=O) groups is 1. The summed E-state index contributed by atoms with van der Waals surface area (Å²) in [6.07, 6.45) is 7.24. The van der Waals surface area contributed by atoms with E-state index in [1.807, 2.05) is 4.90 Å². The molecule has 7 nitrogen and oxygen atoms in total. The van der Waals surface area contributed by atoms with E-state index in [1.54, 1.807) is 12.5 Å². The van der Waals surface area contributed by atoms with E-state index in [9.17, 15) is 4.79 Å². The molecule has 1 atom stereocenters. The molecule has 1 saturated heterocycles. The number of nitrogens with zero attached hydrogens (tertiary/aromatic N) is 5. The van der Waals surface area contributed by atoms with Crippen LogP contribution in [-0.2, 0) is 13.0 Å². The van der Waals surface area contributed by atoms with Crippen LogP contribution in [0.4, 0.5) is 0 Å². The van der Waals surface area contributed by atoms with Gasteiger partial charge in [0.1, 0.15) is 12.2 Å². The van der Waals surface area contributed by atoms with Crippen LogP contribution in [0.5, 0.6) is 0 Å². The predicted molar refractivity (Wildman–Crippen MR) is 112 cm³/mol. The molecule has 1 aliphatic heterocycles. The minimum absolute atomic E-state index is 0.0631. The van der Waals surface area contributed by atoms with Crippen molar-refractivity contribution in [3.05, 3.63) is 53.2 Å². The molecule has 1 amide bonds. The number of rotatable bonds is 6. The van der Waals surface area contributed by atoms with Gasteiger partial charge in [-0.2, -0.15) is 5.10 Å². The predicted octanol–water partition coefficient (Wildman–Crippen LogP) is 3.54. The molecule has 1 unspecified atom stereocenters. The molecule has 29 heavy (non-hydrogen) atoms. The number of benzene rings is 1. The Morgan fingerprint density at radius 3 is 2.97 bits per heavy atom. The van der Waals surface area contributed by atoms with Crippen LogP contribution in [0.15, 0.2) is 30.7 Å². The zero-order valence-corrected chi connectivity index (χ0v) is 17.4. The second kappa shape index (κ2) is 8.19. The fourth-order valence-corrected chi connectivity index (χ4v) is 4.34. The van der Waals surface area contributed by atoms with Gasteiger partial charge in [-0.05, 0) is 45.6 Å². The normalized spacial score (nSPS) is 16.5. The molecule has 0 aliphatic carbocycles. The van der Waals surface area contributed by atoms with Crippen LogP contribution in [0.3, 0.4) is 0 Å². The van der Waals surface area contributed by atoms with Crippen molar-refractivity contribution in [1.82, 2.24) is 29.9 Å². The SMILES string of the molecule is CCn1cnnc1CCC1CCCN1C(=O)c1cn[nH]c1-c1ccc(C)cc1C. The topological polar surface area (TPSA) is 79.7 Å². The van der Waals surface area contributed by atoms with Crippen molar-refractivity contribution in [2.24, 2.45) is 0 Å². The zero-order valence-electron chi connectivity index (χ0n) is 17.4. The van der Waals surface area contributed by atoms with Crippen molar-refractivity contribution in [1.29, 1.82) is 0 Å². The first kappa shape index (κ1) is 19.4. The Hall–Kier alpha value is -2.96. The van der Waals surface area contributed by atoms with E-state index in [0.29, 0.717) is 5.56 Å². The monoisotopic (exact) mass is 392 g/mol. The van der Waals surface area contributed by atoms with Gasteiger partial charge < -0.3 is 9.47 Å². The van der Waals surface area contributed by atoms with Crippen LogP contribution in [0.2, 0.25) is 0 Å². The van der Waals surface area contributed by atoms with Crippen molar-refractivity contribution in [3.63, 3.8) is 0 Å². The first-order valence-corrected chi connectivity index (χ1v) is 10.4. The second-order valence-corrected chi connectivity index (χ2v) is 7.84. The van der Waals surface area contributed by atoms with Crippen LogP contribution in [-0.4, -0.2) is 48.4 Å². The van der Waals surface area contributed by atoms with Crippen molar-refractivity contribution < 1.29 is 4.79 Å². The Morgan fingerprint density at radius 2 is 2.17 bits per heavy atom. The van der Waals surface area contributed by atoms with Crippen molar-refractivity contribution in [2.45, 2.75) is 59.0 Å². The van der Waals surface area contributed by atoms with Gasteiger partial charge in [-0.1, -0.05) is 23.8 Å². The minimum atomic E-state index is 0.0631. The van der Waals surface area contributed by atoms with Crippen LogP contribution in [0.25, 0.3) is 11.3 Å². The highest BCUT2D eigenvalue weighted by Gasteiger charge is 2.31. The van der Waals surface area contributed by atoms with E-state index < -0.39 is 0 Å². The van der Waals surface area contributed by atoms with Gasteiger partial charge in [0.2, 0.25) is 0 Å². The van der Waals surface area contributed by atoms with Crippen molar-refractivity contribution in [2.75, 3.05) is 6.54 Å². The number of hydrogen-bond donors (Lipinski definition) is 1. The Balaban J connectivity index is 1.53. The third kappa shape index (κ3) is 3.81. The summed E-state index contributed by atoms with van der Waals surface area (Å²) in [5.74, 6) is 1.05. The second-order valence-electron chi connectivity index (χ2n) is 7.84. The van der Waals surface area contributed by atoms with Gasteiger partial charge in [0, 0.05) is 31.1 Å². The Kier molecular flexibility index (Phi) is 5.47. The van der Waals surface area contributed by atoms with E-state index in [1.165, 1.54) is 5.56 Å². The summed E-state index contributed by atoms with van der Waals surface area (Å²) in [7, 11) is 0. The maximum atomic E-state index is 13.4. The highest BCUT2D eigenvalue weighted by molar-refractivity contribution is 6.00. The zero-order chi connectivity index (χ0) is 20.4. The molecular formula is C22H28N6O. The lowest BCUT2D eigenvalue weighted by atomic mass is 10.00. The van der Waals surface area contributed by atoms with E-state index >= 15 is 0 Å². The van der Waals surface area contributed by atoms with Crippen LogP contribution in [0, 0.1) is 13.8 Å². The number of aryl methyl sites for hydroxylation is 4. The molecule has 2 aromatic heterocycles. The van der Waals surface area contributed by atoms with Crippen LogP contribution < -0.4 is 0 Å². The summed E-state index contributed by atoms with van der Waals surface area (Å²) in [5.41, 5.74) is 4.84. The van der Waals surface area contributed by atoms with Crippen molar-refractivity contribution in [3.8, 4) is 11.3 Å². The fraction of sp³-hybridized carbons (Fsp3) is 0.455. The molecule has 152 valence electrons. The maximum absolute atomic E-state index is 13.4. The maximum Gasteiger partial charge on any atom is 0.257 e. The van der Waals surface area contributed by atoms with E-state index in [0.717, 1.165) is 61.4 Å². The van der Waals surface area contributed by atoms with Gasteiger partial charge >= 0.3 is 0 Å². The molecule has 0 spiro atoms. The van der Waals surface area contributed by atoms with Gasteiger partial charge in [-0.25, -0.2) is 0 Å². The number of aromatic nitrogens is 5. The highest BCUT2D eigenvalue weighted by Crippen LogP contribution is 2.29. The third-order valence-electron chi connectivity index (χ3n) is 5.90. The average molecular weight is 393 g/mol. The lowest BCUT2D eigenvalue weighted by Gasteiger charge is -2.25. The quantitative estimate of drug-likeness (QED) is 0.696. The van der Waals surface area contributed by atoms with Gasteiger partial charge in [0.15, 0.2) is 0 Å². The lowest BCUT2D eigenvalue weighted by Crippen LogP contribution is -2.36. The van der Waals surface area contributed by atoms with Crippen molar-refractivity contribution >= 4 is 5.91 Å². The molecular weight excluding hydrogens is 364 g/mol. The molecule has 1 N–H and O–H groups in total. The van der Waals surface area contributed by atoms with Crippen LogP contribution in [0.1, 0.15) is 53.5 Å². The van der Waals surface area contributed by atoms with Gasteiger partial charge in [-0.15, -0.1) is 10.2 Å². The summed E-state index contributed by atoms with van der Waals surface area (Å²) in [6, 6.07) is 6.49. The lowest BCUT2D eigenvalue weighted by molar-refractivity contribution is 0.0731. The Bertz CT molecular complexity index is 1000. The summed E-state index contributed by atoms with van der Waals surface area (Å²) in [4.78, 5) is 15.4. The van der Waals surface area contributed by atoms with Gasteiger partial charge in [0.25, 0.3) is 5.91 Å². The number of amides is 1. The first-order chi connectivity index (χ1) is 14.1. The number of H-pyrrole nitrogens is 1. The number of aromatic amines is 1. The highest BCUT2D eigenvalue weighted by atomic mass is 16.2. The number of likely N-dealkylation sites (tertiary alicyclic amines) is 1. The number of hydrogen-bond acceptors (Lipinski definition) is 4. The van der Waals surface area contributed by atoms with Gasteiger partial charge in [0.05, 0.1) is 17.5 Å². The average Bonchev–Trinajstić information content (AvgIpc) is 3.45. The molecule has 0 radical (unpaired) electrons. The fourth-order valence-electron chi connectivity index (χ4n) is 4.34. The largest absolute Gasteiger partial charge is 0.336 e. The summed E-state index contributed by atoms with van der Waals surface area (Å²) >= 11 is 0. The summed E-state index contributed by atoms with van der Waals surface area (Å²) in [5, 5.41) is 15.5. The molecule has 0 bridgehead atoms. The van der Waals surface area contributed by atoms with E-state index in [2.05, 4.69) is 63.9 Å². The molecule has 3 heterocycles. The standard InChI is InChI=1S/C22H28N6O/c1-4-27-14-24-25-20(27)10-8-17-6-5-11-28(17)22(29)19-13-23-26-21(19)18-9-7-15(2)12-16(18)3/h7,9,12-14,17H,4-6,8,10-11H2,1-3H3,(H,23,26). The number of carbonyl (C=O) groups excluding carboxylic acids is 1. The van der Waals surface area contributed by atoms with Crippen LogP contribution >= 0.6 is 0 Å². The summed E-state index contributed by atoms with van der Waals surface area (Å²) < 4.78 is 2.06. The Morgan fingerprint density at radius 1 is 1.31 bits per heavy atom. The van der Waals surface area contributed by atoms with E-state index in [4.69, 9.17) is 0 Å². The molecule has 4 rings (SSSR count). The molecule has 1 aliphatic rings. The first-order valence-electron chi connectivity index (χ1n) is 10.4. The molecule has 3 aromatic rings. The Labute approximate surface area is 171 Å². The van der Waals surface area contributed by atoms with Gasteiger partial charge in [-0.3, -0.25) is 9.89 Å². The summed E-state index contributed by atoms with van der Waals surface area (Å²) in [6.45, 7) is 7.89.